The Morgan fingerprint density at radius 2 is 1.29 bits per heavy atom. The van der Waals surface area contributed by atoms with Gasteiger partial charge in [0.1, 0.15) is 17.0 Å². The smallest absolute Gasteiger partial charge is 0.145 e. The van der Waals surface area contributed by atoms with E-state index in [0.717, 1.165) is 57.0 Å². The van der Waals surface area contributed by atoms with E-state index in [4.69, 9.17) is 9.40 Å². The first-order valence-electron chi connectivity index (χ1n) is 14.5. The largest absolute Gasteiger partial charge is 0.456 e. The predicted octanol–water partition coefficient (Wildman–Crippen LogP) is 10.6. The summed E-state index contributed by atoms with van der Waals surface area (Å²) >= 11 is 0. The highest BCUT2D eigenvalue weighted by atomic mass is 16.3. The first kappa shape index (κ1) is 23.3. The average Bonchev–Trinajstić information content (AvgIpc) is 3.59. The predicted molar refractivity (Wildman–Crippen MR) is 175 cm³/mol. The van der Waals surface area contributed by atoms with Crippen LogP contribution in [0, 0.1) is 0 Å². The normalized spacial score (nSPS) is 13.6. The van der Waals surface area contributed by atoms with Crippen LogP contribution in [0.4, 0.5) is 0 Å². The van der Waals surface area contributed by atoms with Crippen molar-refractivity contribution in [2.45, 2.75) is 12.8 Å². The molecule has 9 rings (SSSR count). The Balaban J connectivity index is 1.27. The summed E-state index contributed by atoms with van der Waals surface area (Å²) in [6, 6.07) is 38.9. The summed E-state index contributed by atoms with van der Waals surface area (Å²) in [6.45, 7) is 0. The molecule has 0 radical (unpaired) electrons. The zero-order valence-corrected chi connectivity index (χ0v) is 22.9. The van der Waals surface area contributed by atoms with Gasteiger partial charge in [0, 0.05) is 38.7 Å². The molecular formula is C39H26N2O. The van der Waals surface area contributed by atoms with Crippen LogP contribution < -0.4 is 0 Å². The van der Waals surface area contributed by atoms with Crippen LogP contribution in [-0.4, -0.2) is 9.55 Å². The maximum atomic E-state index is 6.09. The number of hydrogen-bond acceptors (Lipinski definition) is 2. The van der Waals surface area contributed by atoms with Crippen molar-refractivity contribution in [3.63, 3.8) is 0 Å². The Hall–Kier alpha value is -5.41. The Morgan fingerprint density at radius 1 is 0.595 bits per heavy atom. The molecule has 3 aromatic heterocycles. The molecule has 0 unspecified atom stereocenters. The average molecular weight is 539 g/mol. The number of pyridine rings is 1. The zero-order valence-electron chi connectivity index (χ0n) is 22.9. The molecule has 3 heteroatoms. The molecule has 0 fully saturated rings. The van der Waals surface area contributed by atoms with Gasteiger partial charge >= 0.3 is 0 Å². The van der Waals surface area contributed by atoms with Crippen molar-refractivity contribution in [2.24, 2.45) is 0 Å². The van der Waals surface area contributed by atoms with Crippen LogP contribution in [0.15, 0.2) is 138 Å². The van der Waals surface area contributed by atoms with E-state index in [9.17, 15) is 0 Å². The van der Waals surface area contributed by atoms with Gasteiger partial charge < -0.3 is 4.42 Å². The van der Waals surface area contributed by atoms with Crippen molar-refractivity contribution < 1.29 is 4.42 Å². The molecule has 3 nitrogen and oxygen atoms in total. The van der Waals surface area contributed by atoms with E-state index in [0.29, 0.717) is 0 Å². The quantitative estimate of drug-likeness (QED) is 0.224. The van der Waals surface area contributed by atoms with Crippen molar-refractivity contribution in [3.8, 4) is 16.9 Å². The molecule has 198 valence electrons. The fourth-order valence-corrected chi connectivity index (χ4v) is 6.73. The molecule has 3 heterocycles. The molecule has 0 bridgehead atoms. The van der Waals surface area contributed by atoms with Gasteiger partial charge in [0.05, 0.1) is 11.0 Å². The van der Waals surface area contributed by atoms with Crippen molar-refractivity contribution in [1.29, 1.82) is 0 Å². The van der Waals surface area contributed by atoms with E-state index in [-0.39, 0.29) is 0 Å². The van der Waals surface area contributed by atoms with E-state index < -0.39 is 0 Å². The monoisotopic (exact) mass is 538 g/mol. The van der Waals surface area contributed by atoms with E-state index in [1.54, 1.807) is 0 Å². The minimum Gasteiger partial charge on any atom is -0.456 e. The standard InChI is InChI=1S/C39H26N2O/c1-2-10-25(11-3-1)34-24-40-39(31-15-5-4-12-28(31)34)41-35-16-8-6-13-29(35)32-22-26(18-20-36(32)41)27-19-21-38-33(23-27)30-14-7-9-17-37(30)42-38/h1-2,4-10,12-24H,3,11H2. The number of furan rings is 1. The van der Waals surface area contributed by atoms with Crippen molar-refractivity contribution in [1.82, 2.24) is 9.55 Å². The topological polar surface area (TPSA) is 31.0 Å². The number of nitrogens with zero attached hydrogens (tertiary/aromatic N) is 2. The molecule has 5 aromatic carbocycles. The number of para-hydroxylation sites is 2. The highest BCUT2D eigenvalue weighted by molar-refractivity contribution is 6.12. The summed E-state index contributed by atoms with van der Waals surface area (Å²) < 4.78 is 8.42. The van der Waals surface area contributed by atoms with Gasteiger partial charge in [-0.05, 0) is 71.3 Å². The van der Waals surface area contributed by atoms with Gasteiger partial charge in [0.15, 0.2) is 0 Å². The summed E-state index contributed by atoms with van der Waals surface area (Å²) in [7, 11) is 0. The van der Waals surface area contributed by atoms with Crippen LogP contribution in [0.1, 0.15) is 18.4 Å². The second-order valence-electron chi connectivity index (χ2n) is 11.1. The molecule has 0 saturated heterocycles. The summed E-state index contributed by atoms with van der Waals surface area (Å²) in [6.07, 6.45) is 10.8. The van der Waals surface area contributed by atoms with Crippen molar-refractivity contribution in [3.05, 3.63) is 139 Å². The SMILES string of the molecule is C1=CCCC(c2cnc(-n3c4ccccc4c4cc(-c5ccc6oc7ccccc7c6c5)ccc43)c3ccccc23)=C1. The van der Waals surface area contributed by atoms with Crippen molar-refractivity contribution >= 4 is 60.1 Å². The molecule has 1 aliphatic carbocycles. The van der Waals surface area contributed by atoms with Gasteiger partial charge in [-0.3, -0.25) is 4.57 Å². The lowest BCUT2D eigenvalue weighted by molar-refractivity contribution is 0.669. The molecule has 0 amide bonds. The van der Waals surface area contributed by atoms with Crippen molar-refractivity contribution in [2.75, 3.05) is 0 Å². The second-order valence-corrected chi connectivity index (χ2v) is 11.1. The lowest BCUT2D eigenvalue weighted by Gasteiger charge is -2.16. The minimum absolute atomic E-state index is 0.916. The Kier molecular flexibility index (Phi) is 5.02. The Morgan fingerprint density at radius 3 is 2.14 bits per heavy atom. The third-order valence-electron chi connectivity index (χ3n) is 8.73. The summed E-state index contributed by atoms with van der Waals surface area (Å²) in [5.41, 5.74) is 9.08. The van der Waals surface area contributed by atoms with Crippen LogP contribution >= 0.6 is 0 Å². The van der Waals surface area contributed by atoms with Gasteiger partial charge in [-0.15, -0.1) is 0 Å². The number of aromatic nitrogens is 2. The van der Waals surface area contributed by atoms with Gasteiger partial charge in [0.25, 0.3) is 0 Å². The number of rotatable bonds is 3. The van der Waals surface area contributed by atoms with E-state index in [1.807, 2.05) is 12.1 Å². The molecule has 8 aromatic rings. The Labute approximate surface area is 242 Å². The molecule has 0 spiro atoms. The Bertz CT molecular complexity index is 2420. The fraction of sp³-hybridized carbons (Fsp3) is 0.0513. The highest BCUT2D eigenvalue weighted by Crippen LogP contribution is 2.39. The first-order valence-corrected chi connectivity index (χ1v) is 14.5. The molecule has 0 aliphatic heterocycles. The van der Waals surface area contributed by atoms with Crippen LogP contribution in [0.25, 0.3) is 77.0 Å². The molecule has 0 N–H and O–H groups in total. The van der Waals surface area contributed by atoms with Crippen LogP contribution in [0.2, 0.25) is 0 Å². The highest BCUT2D eigenvalue weighted by Gasteiger charge is 2.18. The second kappa shape index (κ2) is 9.05. The van der Waals surface area contributed by atoms with E-state index in [1.165, 1.54) is 38.4 Å². The van der Waals surface area contributed by atoms with Gasteiger partial charge in [-0.25, -0.2) is 4.98 Å². The number of allylic oxidation sites excluding steroid dienone is 4. The fourth-order valence-electron chi connectivity index (χ4n) is 6.73. The van der Waals surface area contributed by atoms with Gasteiger partial charge in [0.2, 0.25) is 0 Å². The van der Waals surface area contributed by atoms with Crippen LogP contribution in [-0.2, 0) is 0 Å². The zero-order chi connectivity index (χ0) is 27.6. The molecule has 0 atom stereocenters. The molecular weight excluding hydrogens is 512 g/mol. The molecule has 0 saturated carbocycles. The number of benzene rings is 5. The minimum atomic E-state index is 0.916. The lowest BCUT2D eigenvalue weighted by Crippen LogP contribution is -2.01. The number of fused-ring (bicyclic) bond motifs is 7. The first-order chi connectivity index (χ1) is 20.8. The summed E-state index contributed by atoms with van der Waals surface area (Å²) in [5, 5.41) is 7.13. The maximum absolute atomic E-state index is 6.09. The summed E-state index contributed by atoms with van der Waals surface area (Å²) in [4.78, 5) is 5.15. The van der Waals surface area contributed by atoms with Gasteiger partial charge in [-0.1, -0.05) is 91.0 Å². The third-order valence-corrected chi connectivity index (χ3v) is 8.73. The number of hydrogen-bond donors (Lipinski definition) is 0. The lowest BCUT2D eigenvalue weighted by atomic mass is 9.94. The van der Waals surface area contributed by atoms with Crippen LogP contribution in [0.5, 0.6) is 0 Å². The third kappa shape index (κ3) is 3.44. The molecule has 42 heavy (non-hydrogen) atoms. The summed E-state index contributed by atoms with van der Waals surface area (Å²) in [5.74, 6) is 0.964. The van der Waals surface area contributed by atoms with Gasteiger partial charge in [-0.2, -0.15) is 0 Å². The maximum Gasteiger partial charge on any atom is 0.145 e. The van der Waals surface area contributed by atoms with Crippen LogP contribution in [0.3, 0.4) is 0 Å². The van der Waals surface area contributed by atoms with E-state index in [2.05, 4.69) is 126 Å². The van der Waals surface area contributed by atoms with E-state index >= 15 is 0 Å². The molecule has 1 aliphatic rings.